The topological polar surface area (TPSA) is 78.7 Å². The van der Waals surface area contributed by atoms with Crippen LogP contribution in [0.5, 0.6) is 0 Å². The van der Waals surface area contributed by atoms with E-state index in [0.29, 0.717) is 19.1 Å². The molecule has 1 N–H and O–H groups in total. The van der Waals surface area contributed by atoms with Crippen LogP contribution >= 0.6 is 11.3 Å². The third-order valence-electron chi connectivity index (χ3n) is 5.85. The van der Waals surface area contributed by atoms with Crippen LogP contribution < -0.4 is 10.2 Å². The predicted octanol–water partition coefficient (Wildman–Crippen LogP) is 3.02. The lowest BCUT2D eigenvalue weighted by Crippen LogP contribution is -2.53. The molecule has 0 aromatic carbocycles. The predicted molar refractivity (Wildman–Crippen MR) is 113 cm³/mol. The fourth-order valence-corrected chi connectivity index (χ4v) is 4.81. The number of carbonyl (C=O) groups excluding carboxylic acids is 1. The summed E-state index contributed by atoms with van der Waals surface area (Å²) in [4.78, 5) is 16.7. The first-order chi connectivity index (χ1) is 14.3. The van der Waals surface area contributed by atoms with Crippen molar-refractivity contribution < 1.29 is 4.79 Å². The molecule has 8 nitrogen and oxygen atoms in total. The minimum Gasteiger partial charge on any atom is -0.352 e. The minimum atomic E-state index is 0.0820. The summed E-state index contributed by atoms with van der Waals surface area (Å²) in [6, 6.07) is 6.40. The Hall–Kier alpha value is -2.68. The third kappa shape index (κ3) is 3.78. The fourth-order valence-electron chi connectivity index (χ4n) is 4.17. The van der Waals surface area contributed by atoms with E-state index >= 15 is 0 Å². The molecule has 0 atom stereocenters. The molecule has 3 aromatic heterocycles. The van der Waals surface area contributed by atoms with Crippen molar-refractivity contribution in [2.75, 3.05) is 31.1 Å². The maximum atomic E-state index is 12.6. The van der Waals surface area contributed by atoms with Crippen LogP contribution in [-0.4, -0.2) is 63.0 Å². The van der Waals surface area contributed by atoms with Gasteiger partial charge in [-0.25, -0.2) is 4.79 Å². The number of hydrogen-bond donors (Lipinski definition) is 1. The van der Waals surface area contributed by atoms with Gasteiger partial charge in [-0.15, -0.1) is 15.3 Å². The van der Waals surface area contributed by atoms with Gasteiger partial charge < -0.3 is 15.1 Å². The summed E-state index contributed by atoms with van der Waals surface area (Å²) in [5.74, 6) is 1.65. The zero-order valence-electron chi connectivity index (χ0n) is 16.3. The van der Waals surface area contributed by atoms with E-state index in [9.17, 15) is 4.79 Å². The lowest BCUT2D eigenvalue weighted by molar-refractivity contribution is 0.186. The van der Waals surface area contributed by atoms with Crippen molar-refractivity contribution in [3.05, 3.63) is 29.0 Å². The first kappa shape index (κ1) is 18.4. The Bertz CT molecular complexity index is 972. The van der Waals surface area contributed by atoms with Gasteiger partial charge in [0.15, 0.2) is 11.5 Å². The number of nitrogens with one attached hydrogen (secondary N) is 1. The summed E-state index contributed by atoms with van der Waals surface area (Å²) >= 11 is 1.63. The van der Waals surface area contributed by atoms with Crippen molar-refractivity contribution in [3.8, 4) is 11.4 Å². The van der Waals surface area contributed by atoms with Gasteiger partial charge >= 0.3 is 6.03 Å². The molecule has 0 bridgehead atoms. The number of carbonyl (C=O) groups is 1. The molecule has 3 aromatic rings. The highest BCUT2D eigenvalue weighted by Crippen LogP contribution is 2.22. The number of nitrogens with zero attached hydrogens (tertiary/aromatic N) is 6. The number of aromatic nitrogens is 4. The molecule has 2 amide bonds. The highest BCUT2D eigenvalue weighted by molar-refractivity contribution is 7.08. The number of piperazine rings is 1. The van der Waals surface area contributed by atoms with Crippen LogP contribution in [0, 0.1) is 0 Å². The Labute approximate surface area is 173 Å². The van der Waals surface area contributed by atoms with Gasteiger partial charge in [0.2, 0.25) is 0 Å². The van der Waals surface area contributed by atoms with Crippen LogP contribution in [0.4, 0.5) is 10.6 Å². The Morgan fingerprint density at radius 3 is 2.62 bits per heavy atom. The van der Waals surface area contributed by atoms with E-state index in [1.165, 1.54) is 19.3 Å². The van der Waals surface area contributed by atoms with Gasteiger partial charge in [-0.1, -0.05) is 19.3 Å². The molecule has 152 valence electrons. The molecule has 9 heteroatoms. The van der Waals surface area contributed by atoms with Crippen LogP contribution in [0.1, 0.15) is 32.1 Å². The molecule has 2 aliphatic rings. The van der Waals surface area contributed by atoms with Crippen LogP contribution in [0.3, 0.4) is 0 Å². The maximum Gasteiger partial charge on any atom is 0.317 e. The van der Waals surface area contributed by atoms with E-state index in [2.05, 4.69) is 25.8 Å². The molecule has 1 saturated carbocycles. The molecule has 5 rings (SSSR count). The zero-order chi connectivity index (χ0) is 19.6. The second-order valence-electron chi connectivity index (χ2n) is 7.76. The van der Waals surface area contributed by atoms with E-state index in [1.807, 2.05) is 28.5 Å². The van der Waals surface area contributed by atoms with E-state index < -0.39 is 0 Å². The third-order valence-corrected chi connectivity index (χ3v) is 6.53. The molecule has 0 unspecified atom stereocenters. The van der Waals surface area contributed by atoms with Gasteiger partial charge in [0, 0.05) is 43.2 Å². The lowest BCUT2D eigenvalue weighted by atomic mass is 9.96. The molecule has 0 radical (unpaired) electrons. The summed E-state index contributed by atoms with van der Waals surface area (Å²) in [6.07, 6.45) is 5.97. The normalized spacial score (nSPS) is 18.3. The lowest BCUT2D eigenvalue weighted by Gasteiger charge is -2.36. The van der Waals surface area contributed by atoms with E-state index in [0.717, 1.165) is 48.8 Å². The average Bonchev–Trinajstić information content (AvgIpc) is 3.44. The number of anilines is 1. The van der Waals surface area contributed by atoms with Crippen LogP contribution in [0.25, 0.3) is 17.0 Å². The van der Waals surface area contributed by atoms with E-state index in [-0.39, 0.29) is 6.03 Å². The van der Waals surface area contributed by atoms with Gasteiger partial charge in [-0.05, 0) is 36.4 Å². The quantitative estimate of drug-likeness (QED) is 0.717. The summed E-state index contributed by atoms with van der Waals surface area (Å²) in [5.41, 5.74) is 1.76. The highest BCUT2D eigenvalue weighted by Gasteiger charge is 2.25. The second-order valence-corrected chi connectivity index (χ2v) is 8.54. The van der Waals surface area contributed by atoms with Gasteiger partial charge in [-0.3, -0.25) is 0 Å². The van der Waals surface area contributed by atoms with Crippen molar-refractivity contribution in [2.45, 2.75) is 38.1 Å². The summed E-state index contributed by atoms with van der Waals surface area (Å²) in [6.45, 7) is 2.95. The van der Waals surface area contributed by atoms with Crippen molar-refractivity contribution in [2.24, 2.45) is 0 Å². The minimum absolute atomic E-state index is 0.0820. The number of urea groups is 1. The zero-order valence-corrected chi connectivity index (χ0v) is 17.1. The fraction of sp³-hybridized carbons (Fsp3) is 0.500. The Balaban J connectivity index is 1.25. The van der Waals surface area contributed by atoms with Gasteiger partial charge in [0.25, 0.3) is 0 Å². The molecular formula is C20H25N7OS. The average molecular weight is 412 g/mol. The second kappa shape index (κ2) is 7.98. The van der Waals surface area contributed by atoms with E-state index in [1.54, 1.807) is 15.9 Å². The molecular weight excluding hydrogens is 386 g/mol. The number of rotatable bonds is 3. The molecule has 29 heavy (non-hydrogen) atoms. The molecule has 1 aliphatic carbocycles. The molecule has 1 aliphatic heterocycles. The number of fused-ring (bicyclic) bond motifs is 1. The molecule has 0 spiro atoms. The Morgan fingerprint density at radius 2 is 1.86 bits per heavy atom. The molecule has 4 heterocycles. The van der Waals surface area contributed by atoms with Crippen molar-refractivity contribution in [3.63, 3.8) is 0 Å². The van der Waals surface area contributed by atoms with Crippen LogP contribution in [0.2, 0.25) is 0 Å². The van der Waals surface area contributed by atoms with Crippen molar-refractivity contribution in [1.29, 1.82) is 0 Å². The summed E-state index contributed by atoms with van der Waals surface area (Å²) < 4.78 is 1.81. The van der Waals surface area contributed by atoms with Crippen LogP contribution in [-0.2, 0) is 0 Å². The number of hydrogen-bond acceptors (Lipinski definition) is 6. The van der Waals surface area contributed by atoms with Gasteiger partial charge in [-0.2, -0.15) is 15.9 Å². The van der Waals surface area contributed by atoms with Crippen molar-refractivity contribution >= 4 is 28.8 Å². The van der Waals surface area contributed by atoms with E-state index in [4.69, 9.17) is 5.10 Å². The Morgan fingerprint density at radius 1 is 1.03 bits per heavy atom. The molecule has 1 saturated heterocycles. The Kier molecular flexibility index (Phi) is 5.05. The first-order valence-electron chi connectivity index (χ1n) is 10.3. The first-order valence-corrected chi connectivity index (χ1v) is 11.3. The molecule has 2 fully saturated rings. The monoisotopic (exact) mass is 411 g/mol. The SMILES string of the molecule is O=C(NC1CCCCC1)N1CCN(c2ccc3nnc(-c4ccsc4)n3n2)CC1. The highest BCUT2D eigenvalue weighted by atomic mass is 32.1. The standard InChI is InChI=1S/C20H25N7OS/c28-20(21-16-4-2-1-3-5-16)26-11-9-25(10-12-26)18-7-6-17-22-23-19(27(17)24-18)15-8-13-29-14-15/h6-8,13-14,16H,1-5,9-12H2,(H,21,28). The van der Waals surface area contributed by atoms with Crippen LogP contribution in [0.15, 0.2) is 29.0 Å². The summed E-state index contributed by atoms with van der Waals surface area (Å²) in [7, 11) is 0. The largest absolute Gasteiger partial charge is 0.352 e. The smallest absolute Gasteiger partial charge is 0.317 e. The van der Waals surface area contributed by atoms with Gasteiger partial charge in [0.05, 0.1) is 0 Å². The number of amides is 2. The maximum absolute atomic E-state index is 12.6. The van der Waals surface area contributed by atoms with Gasteiger partial charge in [0.1, 0.15) is 5.82 Å². The summed E-state index contributed by atoms with van der Waals surface area (Å²) in [5, 5.41) is 20.6. The number of thiophene rings is 1. The van der Waals surface area contributed by atoms with Crippen molar-refractivity contribution in [1.82, 2.24) is 30.0 Å².